The standard InChI is InChI=1S/C16H23N/c1-4-13-6-7-14(5-2)15(10-13)16-11-17-9-8-12(16)3/h6-7,10,17H,4-5,8-9,11H2,1-3H3. The van der Waals surface area contributed by atoms with Gasteiger partial charge in [-0.3, -0.25) is 0 Å². The monoisotopic (exact) mass is 229 g/mol. The van der Waals surface area contributed by atoms with Crippen LogP contribution in [0.1, 0.15) is 43.9 Å². The molecular formula is C16H23N. The molecule has 0 saturated carbocycles. The van der Waals surface area contributed by atoms with Crippen LogP contribution in [0.25, 0.3) is 5.57 Å². The number of hydrogen-bond acceptors (Lipinski definition) is 1. The molecule has 0 amide bonds. The fourth-order valence-corrected chi connectivity index (χ4v) is 2.55. The highest BCUT2D eigenvalue weighted by molar-refractivity contribution is 5.73. The van der Waals surface area contributed by atoms with Crippen LogP contribution in [-0.4, -0.2) is 13.1 Å². The summed E-state index contributed by atoms with van der Waals surface area (Å²) in [5, 5.41) is 3.49. The van der Waals surface area contributed by atoms with Gasteiger partial charge in [0.2, 0.25) is 0 Å². The summed E-state index contributed by atoms with van der Waals surface area (Å²) in [5.74, 6) is 0. The molecule has 1 N–H and O–H groups in total. The van der Waals surface area contributed by atoms with Gasteiger partial charge in [-0.1, -0.05) is 37.6 Å². The van der Waals surface area contributed by atoms with Crippen molar-refractivity contribution in [2.24, 2.45) is 0 Å². The lowest BCUT2D eigenvalue weighted by atomic mass is 9.90. The van der Waals surface area contributed by atoms with Crippen molar-refractivity contribution >= 4 is 5.57 Å². The molecule has 0 unspecified atom stereocenters. The molecule has 0 aromatic heterocycles. The van der Waals surface area contributed by atoms with Gasteiger partial charge in [-0.2, -0.15) is 0 Å². The van der Waals surface area contributed by atoms with Crippen LogP contribution in [-0.2, 0) is 12.8 Å². The molecule has 1 aliphatic rings. The molecule has 2 rings (SSSR count). The predicted molar refractivity (Wildman–Crippen MR) is 75.3 cm³/mol. The lowest BCUT2D eigenvalue weighted by molar-refractivity contribution is 0.714. The predicted octanol–water partition coefficient (Wildman–Crippen LogP) is 3.58. The number of rotatable bonds is 3. The fourth-order valence-electron chi connectivity index (χ4n) is 2.55. The van der Waals surface area contributed by atoms with Crippen molar-refractivity contribution in [2.75, 3.05) is 13.1 Å². The third-order valence-electron chi connectivity index (χ3n) is 3.78. The Kier molecular flexibility index (Phi) is 4.01. The molecule has 92 valence electrons. The average Bonchev–Trinajstić information content (AvgIpc) is 2.38. The van der Waals surface area contributed by atoms with Crippen molar-refractivity contribution < 1.29 is 0 Å². The number of nitrogens with one attached hydrogen (secondary N) is 1. The van der Waals surface area contributed by atoms with Crippen molar-refractivity contribution in [3.05, 3.63) is 40.5 Å². The average molecular weight is 229 g/mol. The van der Waals surface area contributed by atoms with E-state index in [0.29, 0.717) is 0 Å². The molecule has 0 fully saturated rings. The number of benzene rings is 1. The lowest BCUT2D eigenvalue weighted by Crippen LogP contribution is -2.24. The first kappa shape index (κ1) is 12.4. The van der Waals surface area contributed by atoms with Gasteiger partial charge in [0.15, 0.2) is 0 Å². The molecule has 1 heterocycles. The highest BCUT2D eigenvalue weighted by atomic mass is 14.9. The maximum atomic E-state index is 3.49. The molecule has 1 aromatic rings. The SMILES string of the molecule is CCc1ccc(CC)c(C2=C(C)CCNC2)c1. The van der Waals surface area contributed by atoms with Crippen LogP contribution >= 0.6 is 0 Å². The van der Waals surface area contributed by atoms with Crippen molar-refractivity contribution in [3.8, 4) is 0 Å². The third kappa shape index (κ3) is 2.61. The van der Waals surface area contributed by atoms with Crippen LogP contribution in [0.4, 0.5) is 0 Å². The van der Waals surface area contributed by atoms with Gasteiger partial charge in [0.25, 0.3) is 0 Å². The summed E-state index contributed by atoms with van der Waals surface area (Å²) in [6.07, 6.45) is 3.43. The topological polar surface area (TPSA) is 12.0 Å². The van der Waals surface area contributed by atoms with Gasteiger partial charge in [0, 0.05) is 6.54 Å². The van der Waals surface area contributed by atoms with Crippen molar-refractivity contribution in [2.45, 2.75) is 40.0 Å². The largest absolute Gasteiger partial charge is 0.312 e. The van der Waals surface area contributed by atoms with E-state index >= 15 is 0 Å². The Morgan fingerprint density at radius 1 is 1.18 bits per heavy atom. The van der Waals surface area contributed by atoms with Crippen molar-refractivity contribution in [1.29, 1.82) is 0 Å². The van der Waals surface area contributed by atoms with Crippen LogP contribution in [0, 0.1) is 0 Å². The van der Waals surface area contributed by atoms with E-state index in [1.54, 1.807) is 5.57 Å². The molecule has 0 bridgehead atoms. The normalized spacial score (nSPS) is 16.4. The van der Waals surface area contributed by atoms with Crippen LogP contribution < -0.4 is 5.32 Å². The van der Waals surface area contributed by atoms with Crippen LogP contribution in [0.15, 0.2) is 23.8 Å². The van der Waals surface area contributed by atoms with E-state index in [0.717, 1.165) is 25.9 Å². The van der Waals surface area contributed by atoms with E-state index in [2.05, 4.69) is 44.3 Å². The fraction of sp³-hybridized carbons (Fsp3) is 0.500. The van der Waals surface area contributed by atoms with Gasteiger partial charge in [-0.05, 0) is 55.0 Å². The maximum absolute atomic E-state index is 3.49. The highest BCUT2D eigenvalue weighted by Crippen LogP contribution is 2.27. The molecule has 0 aliphatic carbocycles. The zero-order valence-corrected chi connectivity index (χ0v) is 11.3. The summed E-state index contributed by atoms with van der Waals surface area (Å²) >= 11 is 0. The zero-order valence-electron chi connectivity index (χ0n) is 11.3. The van der Waals surface area contributed by atoms with Gasteiger partial charge in [0.1, 0.15) is 0 Å². The smallest absolute Gasteiger partial charge is 0.0211 e. The summed E-state index contributed by atoms with van der Waals surface area (Å²) in [7, 11) is 0. The Morgan fingerprint density at radius 2 is 2.00 bits per heavy atom. The van der Waals surface area contributed by atoms with E-state index in [9.17, 15) is 0 Å². The first-order chi connectivity index (χ1) is 8.26. The van der Waals surface area contributed by atoms with Gasteiger partial charge >= 0.3 is 0 Å². The zero-order chi connectivity index (χ0) is 12.3. The summed E-state index contributed by atoms with van der Waals surface area (Å²) in [6, 6.07) is 6.97. The second-order valence-electron chi connectivity index (χ2n) is 4.88. The Hall–Kier alpha value is -1.08. The van der Waals surface area contributed by atoms with Gasteiger partial charge in [-0.15, -0.1) is 0 Å². The Bertz CT molecular complexity index is 429. The molecule has 17 heavy (non-hydrogen) atoms. The van der Waals surface area contributed by atoms with Crippen molar-refractivity contribution in [3.63, 3.8) is 0 Å². The molecule has 1 nitrogen and oxygen atoms in total. The third-order valence-corrected chi connectivity index (χ3v) is 3.78. The van der Waals surface area contributed by atoms with Gasteiger partial charge < -0.3 is 5.32 Å². The molecule has 0 saturated heterocycles. The van der Waals surface area contributed by atoms with Crippen LogP contribution in [0.3, 0.4) is 0 Å². The molecule has 0 atom stereocenters. The van der Waals surface area contributed by atoms with Crippen LogP contribution in [0.5, 0.6) is 0 Å². The van der Waals surface area contributed by atoms with E-state index in [-0.39, 0.29) is 0 Å². The minimum Gasteiger partial charge on any atom is -0.312 e. The maximum Gasteiger partial charge on any atom is 0.0211 e. The van der Waals surface area contributed by atoms with Gasteiger partial charge in [-0.25, -0.2) is 0 Å². The quantitative estimate of drug-likeness (QED) is 0.835. The summed E-state index contributed by atoms with van der Waals surface area (Å²) in [5.41, 5.74) is 7.51. The lowest BCUT2D eigenvalue weighted by Gasteiger charge is -2.22. The molecule has 1 aromatic carbocycles. The van der Waals surface area contributed by atoms with Crippen LogP contribution in [0.2, 0.25) is 0 Å². The molecule has 1 aliphatic heterocycles. The van der Waals surface area contributed by atoms with E-state index < -0.39 is 0 Å². The van der Waals surface area contributed by atoms with Crippen molar-refractivity contribution in [1.82, 2.24) is 5.32 Å². The minimum absolute atomic E-state index is 1.03. The molecular weight excluding hydrogens is 206 g/mol. The highest BCUT2D eigenvalue weighted by Gasteiger charge is 2.13. The van der Waals surface area contributed by atoms with E-state index in [1.165, 1.54) is 28.7 Å². The summed E-state index contributed by atoms with van der Waals surface area (Å²) in [4.78, 5) is 0. The molecule has 0 radical (unpaired) electrons. The summed E-state index contributed by atoms with van der Waals surface area (Å²) < 4.78 is 0. The Labute approximate surface area is 105 Å². The summed E-state index contributed by atoms with van der Waals surface area (Å²) in [6.45, 7) is 8.92. The number of aryl methyl sites for hydroxylation is 2. The second kappa shape index (κ2) is 5.50. The van der Waals surface area contributed by atoms with Gasteiger partial charge in [0.05, 0.1) is 0 Å². The molecule has 0 spiro atoms. The number of hydrogen-bond donors (Lipinski definition) is 1. The molecule has 1 heteroatoms. The second-order valence-corrected chi connectivity index (χ2v) is 4.88. The van der Waals surface area contributed by atoms with E-state index in [4.69, 9.17) is 0 Å². The first-order valence-electron chi connectivity index (χ1n) is 6.77. The minimum atomic E-state index is 1.03. The Balaban J connectivity index is 2.48. The first-order valence-corrected chi connectivity index (χ1v) is 6.77. The van der Waals surface area contributed by atoms with E-state index in [1.807, 2.05) is 0 Å². The Morgan fingerprint density at radius 3 is 2.65 bits per heavy atom.